The molecule has 1 aliphatic rings. The molecule has 1 N–H and O–H groups in total. The SMILES string of the molecule is COCCOCCOCCOC1CC(C)(C)[NH+]([O-])C(C)(C)C1. The number of rotatable bonds is 10. The molecule has 1 aliphatic heterocycles. The lowest BCUT2D eigenvalue weighted by Gasteiger charge is -2.54. The van der Waals surface area contributed by atoms with E-state index in [4.69, 9.17) is 18.9 Å². The van der Waals surface area contributed by atoms with Crippen LogP contribution >= 0.6 is 0 Å². The van der Waals surface area contributed by atoms with E-state index in [1.807, 2.05) is 27.7 Å². The van der Waals surface area contributed by atoms with Crippen LogP contribution in [0.1, 0.15) is 40.5 Å². The van der Waals surface area contributed by atoms with Crippen LogP contribution in [0.3, 0.4) is 0 Å². The Kier molecular flexibility index (Phi) is 8.24. The van der Waals surface area contributed by atoms with Crippen LogP contribution in [-0.2, 0) is 18.9 Å². The molecule has 0 aliphatic carbocycles. The molecule has 22 heavy (non-hydrogen) atoms. The van der Waals surface area contributed by atoms with Gasteiger partial charge in [-0.25, -0.2) is 0 Å². The molecular weight excluding hydrogens is 286 g/mol. The van der Waals surface area contributed by atoms with E-state index in [0.29, 0.717) is 44.7 Å². The predicted molar refractivity (Wildman–Crippen MR) is 85.0 cm³/mol. The van der Waals surface area contributed by atoms with Gasteiger partial charge in [0, 0.05) is 20.0 Å². The molecule has 6 nitrogen and oxygen atoms in total. The molecule has 0 saturated carbocycles. The molecule has 1 fully saturated rings. The molecule has 0 unspecified atom stereocenters. The van der Waals surface area contributed by atoms with Crippen molar-refractivity contribution in [3.8, 4) is 0 Å². The second-order valence-electron chi connectivity index (χ2n) is 7.22. The van der Waals surface area contributed by atoms with Crippen molar-refractivity contribution in [2.45, 2.75) is 57.7 Å². The smallest absolute Gasteiger partial charge is 0.0946 e. The number of hydroxylamine groups is 2. The summed E-state index contributed by atoms with van der Waals surface area (Å²) in [6.45, 7) is 11.5. The first kappa shape index (κ1) is 19.8. The van der Waals surface area contributed by atoms with E-state index in [1.54, 1.807) is 7.11 Å². The lowest BCUT2D eigenvalue weighted by molar-refractivity contribution is -0.956. The maximum atomic E-state index is 12.3. The molecule has 0 aromatic rings. The lowest BCUT2D eigenvalue weighted by atomic mass is 9.80. The highest BCUT2D eigenvalue weighted by atomic mass is 16.6. The average Bonchev–Trinajstić information content (AvgIpc) is 2.42. The van der Waals surface area contributed by atoms with Gasteiger partial charge in [-0.05, 0) is 27.7 Å². The van der Waals surface area contributed by atoms with Gasteiger partial charge in [-0.3, -0.25) is 0 Å². The third kappa shape index (κ3) is 6.48. The van der Waals surface area contributed by atoms with Crippen molar-refractivity contribution in [2.75, 3.05) is 46.8 Å². The van der Waals surface area contributed by atoms with E-state index in [9.17, 15) is 5.21 Å². The second kappa shape index (κ2) is 9.15. The summed E-state index contributed by atoms with van der Waals surface area (Å²) in [6.07, 6.45) is 1.70. The summed E-state index contributed by atoms with van der Waals surface area (Å²) in [7, 11) is 1.65. The van der Waals surface area contributed by atoms with Crippen LogP contribution in [0.15, 0.2) is 0 Å². The molecule has 0 spiro atoms. The normalized spacial score (nSPS) is 27.0. The van der Waals surface area contributed by atoms with Crippen molar-refractivity contribution < 1.29 is 24.0 Å². The van der Waals surface area contributed by atoms with E-state index in [2.05, 4.69) is 0 Å². The van der Waals surface area contributed by atoms with Gasteiger partial charge in [0.05, 0.1) is 56.8 Å². The number of methoxy groups -OCH3 is 1. The summed E-state index contributed by atoms with van der Waals surface area (Å²) >= 11 is 0. The van der Waals surface area contributed by atoms with Crippen molar-refractivity contribution >= 4 is 0 Å². The average molecular weight is 319 g/mol. The zero-order valence-corrected chi connectivity index (χ0v) is 14.8. The highest BCUT2D eigenvalue weighted by Gasteiger charge is 2.45. The first-order valence-electron chi connectivity index (χ1n) is 8.10. The molecule has 0 aromatic carbocycles. The summed E-state index contributed by atoms with van der Waals surface area (Å²) in [5, 5.41) is 12.7. The molecule has 0 radical (unpaired) electrons. The van der Waals surface area contributed by atoms with Crippen LogP contribution in [-0.4, -0.2) is 63.9 Å². The molecule has 0 aromatic heterocycles. The van der Waals surface area contributed by atoms with Gasteiger partial charge in [0.1, 0.15) is 0 Å². The monoisotopic (exact) mass is 319 g/mol. The van der Waals surface area contributed by atoms with Crippen molar-refractivity contribution in [1.82, 2.24) is 0 Å². The van der Waals surface area contributed by atoms with Gasteiger partial charge >= 0.3 is 0 Å². The van der Waals surface area contributed by atoms with Gasteiger partial charge in [-0.1, -0.05) is 0 Å². The van der Waals surface area contributed by atoms with E-state index >= 15 is 0 Å². The highest BCUT2D eigenvalue weighted by molar-refractivity contribution is 4.87. The Morgan fingerprint density at radius 2 is 1.32 bits per heavy atom. The third-order valence-corrected chi connectivity index (χ3v) is 4.09. The molecule has 0 atom stereocenters. The number of piperidine rings is 1. The summed E-state index contributed by atoms with van der Waals surface area (Å²) < 4.78 is 21.6. The van der Waals surface area contributed by atoms with Crippen LogP contribution < -0.4 is 5.06 Å². The Morgan fingerprint density at radius 3 is 1.82 bits per heavy atom. The van der Waals surface area contributed by atoms with Gasteiger partial charge in [0.15, 0.2) is 0 Å². The summed E-state index contributed by atoms with van der Waals surface area (Å²) in [6, 6.07) is 0. The minimum Gasteiger partial charge on any atom is -0.634 e. The standard InChI is InChI=1S/C16H33NO5/c1-15(2)12-14(13-16(3,4)17(15)18)22-11-10-21-9-8-20-7-6-19-5/h14,17H,6-13H2,1-5H3. The molecule has 0 bridgehead atoms. The Hall–Kier alpha value is -0.240. The van der Waals surface area contributed by atoms with Gasteiger partial charge in [-0.2, -0.15) is 0 Å². The molecule has 132 valence electrons. The Bertz CT molecular complexity index is 291. The van der Waals surface area contributed by atoms with E-state index in [0.717, 1.165) is 12.8 Å². The Balaban J connectivity index is 2.12. The van der Waals surface area contributed by atoms with Crippen LogP contribution in [0, 0.1) is 5.21 Å². The van der Waals surface area contributed by atoms with Gasteiger partial charge in [0.2, 0.25) is 0 Å². The molecule has 1 heterocycles. The van der Waals surface area contributed by atoms with Crippen LogP contribution in [0.2, 0.25) is 0 Å². The topological polar surface area (TPSA) is 64.4 Å². The zero-order valence-electron chi connectivity index (χ0n) is 14.8. The van der Waals surface area contributed by atoms with Crippen molar-refractivity contribution in [2.24, 2.45) is 0 Å². The quantitative estimate of drug-likeness (QED) is 0.476. The third-order valence-electron chi connectivity index (χ3n) is 4.09. The maximum Gasteiger partial charge on any atom is 0.0946 e. The fourth-order valence-electron chi connectivity index (χ4n) is 3.17. The highest BCUT2D eigenvalue weighted by Crippen LogP contribution is 2.25. The molecule has 6 heteroatoms. The Labute approximate surface area is 134 Å². The fraction of sp³-hybridized carbons (Fsp3) is 1.00. The molecule has 1 rings (SSSR count). The number of hydrogen-bond donors (Lipinski definition) is 1. The number of nitrogens with one attached hydrogen (secondary N) is 1. The van der Waals surface area contributed by atoms with Gasteiger partial charge < -0.3 is 29.2 Å². The number of ether oxygens (including phenoxy) is 4. The van der Waals surface area contributed by atoms with Gasteiger partial charge in [-0.15, -0.1) is 0 Å². The van der Waals surface area contributed by atoms with E-state index < -0.39 is 0 Å². The Morgan fingerprint density at radius 1 is 0.864 bits per heavy atom. The van der Waals surface area contributed by atoms with Crippen LogP contribution in [0.4, 0.5) is 0 Å². The molecule has 0 amide bonds. The van der Waals surface area contributed by atoms with Crippen LogP contribution in [0.25, 0.3) is 0 Å². The van der Waals surface area contributed by atoms with Crippen LogP contribution in [0.5, 0.6) is 0 Å². The second-order valence-corrected chi connectivity index (χ2v) is 7.22. The largest absolute Gasteiger partial charge is 0.634 e. The molecular formula is C16H33NO5. The summed E-state index contributed by atoms with van der Waals surface area (Å²) in [5.74, 6) is 0. The predicted octanol–water partition coefficient (Wildman–Crippen LogP) is 0.785. The summed E-state index contributed by atoms with van der Waals surface area (Å²) in [4.78, 5) is 0. The maximum absolute atomic E-state index is 12.3. The molecule has 1 saturated heterocycles. The first-order valence-corrected chi connectivity index (χ1v) is 8.10. The van der Waals surface area contributed by atoms with Crippen molar-refractivity contribution in [3.05, 3.63) is 5.21 Å². The number of hydrogen-bond acceptors (Lipinski definition) is 5. The summed E-state index contributed by atoms with van der Waals surface area (Å²) in [5.41, 5.74) is -0.606. The zero-order chi connectivity index (χ0) is 16.6. The number of quaternary nitrogens is 1. The first-order chi connectivity index (χ1) is 10.3. The fourth-order valence-corrected chi connectivity index (χ4v) is 3.17. The van der Waals surface area contributed by atoms with E-state index in [-0.39, 0.29) is 17.2 Å². The van der Waals surface area contributed by atoms with E-state index in [1.165, 1.54) is 0 Å². The van der Waals surface area contributed by atoms with Crippen molar-refractivity contribution in [3.63, 3.8) is 0 Å². The lowest BCUT2D eigenvalue weighted by Crippen LogP contribution is -3.23. The minimum atomic E-state index is -0.303. The van der Waals surface area contributed by atoms with Crippen molar-refractivity contribution in [1.29, 1.82) is 0 Å². The van der Waals surface area contributed by atoms with Gasteiger partial charge in [0.25, 0.3) is 0 Å². The minimum absolute atomic E-state index is 0.129.